The molecule has 5 rings (SSSR count). The number of amides is 2. The topological polar surface area (TPSA) is 84.5 Å². The third kappa shape index (κ3) is 3.37. The van der Waals surface area contributed by atoms with E-state index in [1.165, 1.54) is 6.26 Å². The first-order valence-electron chi connectivity index (χ1n) is 10.5. The standard InChI is InChI=1S/C22H25N5O3S/c1-15-24-16(13-31-15)11-26-9-4-7-22(21(26)29)14-27(20(28)19-5-3-10-30-19)12-17(22)18-6-8-23-25(18)2/h3,5-6,8,10,13,17H,4,7,9,11-12,14H2,1-2H3/t17-,22+/m0/s1. The lowest BCUT2D eigenvalue weighted by Crippen LogP contribution is -2.52. The van der Waals surface area contributed by atoms with Crippen LogP contribution in [0.2, 0.25) is 0 Å². The Labute approximate surface area is 184 Å². The summed E-state index contributed by atoms with van der Waals surface area (Å²) in [6, 6.07) is 5.34. The second-order valence-electron chi connectivity index (χ2n) is 8.44. The molecule has 8 nitrogen and oxygen atoms in total. The lowest BCUT2D eigenvalue weighted by molar-refractivity contribution is -0.147. The van der Waals surface area contributed by atoms with E-state index in [0.29, 0.717) is 31.9 Å². The number of furan rings is 1. The number of nitrogens with zero attached hydrogens (tertiary/aromatic N) is 5. The van der Waals surface area contributed by atoms with Gasteiger partial charge in [0.25, 0.3) is 5.91 Å². The summed E-state index contributed by atoms with van der Waals surface area (Å²) in [6.07, 6.45) is 4.90. The van der Waals surface area contributed by atoms with Crippen LogP contribution in [0.5, 0.6) is 0 Å². The average molecular weight is 440 g/mol. The molecular formula is C22H25N5O3S. The zero-order valence-corrected chi connectivity index (χ0v) is 18.5. The molecule has 0 radical (unpaired) electrons. The number of hydrogen-bond acceptors (Lipinski definition) is 6. The number of likely N-dealkylation sites (tertiary alicyclic amines) is 2. The fourth-order valence-electron chi connectivity index (χ4n) is 5.13. The first kappa shape index (κ1) is 20.0. The molecule has 0 N–H and O–H groups in total. The van der Waals surface area contributed by atoms with Gasteiger partial charge in [-0.05, 0) is 38.0 Å². The molecule has 2 saturated heterocycles. The van der Waals surface area contributed by atoms with E-state index in [4.69, 9.17) is 4.42 Å². The Morgan fingerprint density at radius 2 is 2.26 bits per heavy atom. The van der Waals surface area contributed by atoms with E-state index < -0.39 is 5.41 Å². The van der Waals surface area contributed by atoms with Gasteiger partial charge in [-0.1, -0.05) is 0 Å². The number of rotatable bonds is 4. The van der Waals surface area contributed by atoms with Gasteiger partial charge in [-0.3, -0.25) is 14.3 Å². The van der Waals surface area contributed by atoms with Gasteiger partial charge in [-0.15, -0.1) is 11.3 Å². The molecule has 2 atom stereocenters. The first-order chi connectivity index (χ1) is 15.0. The number of aromatic nitrogens is 3. The largest absolute Gasteiger partial charge is 0.459 e. The predicted octanol–water partition coefficient (Wildman–Crippen LogP) is 2.83. The Kier molecular flexibility index (Phi) is 4.92. The van der Waals surface area contributed by atoms with E-state index in [-0.39, 0.29) is 17.7 Å². The molecular weight excluding hydrogens is 414 g/mol. The van der Waals surface area contributed by atoms with Crippen molar-refractivity contribution in [2.45, 2.75) is 32.2 Å². The molecule has 0 aliphatic carbocycles. The molecule has 0 saturated carbocycles. The highest BCUT2D eigenvalue weighted by molar-refractivity contribution is 7.09. The first-order valence-corrected chi connectivity index (χ1v) is 11.4. The molecule has 2 aliphatic heterocycles. The number of aryl methyl sites for hydroxylation is 2. The second-order valence-corrected chi connectivity index (χ2v) is 9.50. The molecule has 2 aliphatic rings. The summed E-state index contributed by atoms with van der Waals surface area (Å²) >= 11 is 1.60. The fraction of sp³-hybridized carbons (Fsp3) is 0.455. The van der Waals surface area contributed by atoms with E-state index in [9.17, 15) is 9.59 Å². The molecule has 31 heavy (non-hydrogen) atoms. The van der Waals surface area contributed by atoms with Crippen LogP contribution in [0.1, 0.15) is 45.7 Å². The summed E-state index contributed by atoms with van der Waals surface area (Å²) in [5.74, 6) is 0.115. The average Bonchev–Trinajstić information content (AvgIpc) is 3.53. The predicted molar refractivity (Wildman–Crippen MR) is 114 cm³/mol. The van der Waals surface area contributed by atoms with Crippen molar-refractivity contribution >= 4 is 23.2 Å². The number of piperidine rings is 1. The highest BCUT2D eigenvalue weighted by Crippen LogP contribution is 2.49. The molecule has 5 heterocycles. The van der Waals surface area contributed by atoms with Crippen LogP contribution in [-0.4, -0.2) is 56.0 Å². The Balaban J connectivity index is 1.49. The Morgan fingerprint density at radius 1 is 1.39 bits per heavy atom. The summed E-state index contributed by atoms with van der Waals surface area (Å²) in [4.78, 5) is 35.3. The van der Waals surface area contributed by atoms with Crippen molar-refractivity contribution in [2.75, 3.05) is 19.6 Å². The Bertz CT molecular complexity index is 1100. The Hall–Kier alpha value is -2.94. The quantitative estimate of drug-likeness (QED) is 0.624. The van der Waals surface area contributed by atoms with Crippen molar-refractivity contribution in [1.82, 2.24) is 24.6 Å². The van der Waals surface area contributed by atoms with Gasteiger partial charge in [0, 0.05) is 49.9 Å². The van der Waals surface area contributed by atoms with Crippen molar-refractivity contribution in [1.29, 1.82) is 0 Å². The molecule has 0 bridgehead atoms. The number of hydrogen-bond donors (Lipinski definition) is 0. The summed E-state index contributed by atoms with van der Waals surface area (Å²) < 4.78 is 7.17. The molecule has 9 heteroatoms. The SMILES string of the molecule is Cc1nc(CN2CCC[C@]3(CN(C(=O)c4ccco4)C[C@H]3c3ccnn3C)C2=O)cs1. The third-order valence-corrected chi connectivity index (χ3v) is 7.38. The summed E-state index contributed by atoms with van der Waals surface area (Å²) in [5.41, 5.74) is 1.24. The maximum atomic E-state index is 13.9. The van der Waals surface area contributed by atoms with E-state index >= 15 is 0 Å². The minimum atomic E-state index is -0.667. The number of carbonyl (C=O) groups excluding carboxylic acids is 2. The molecule has 2 fully saturated rings. The van der Waals surface area contributed by atoms with E-state index in [1.54, 1.807) is 34.6 Å². The smallest absolute Gasteiger partial charge is 0.289 e. The minimum Gasteiger partial charge on any atom is -0.459 e. The molecule has 1 spiro atoms. The van der Waals surface area contributed by atoms with E-state index in [2.05, 4.69) is 10.1 Å². The summed E-state index contributed by atoms with van der Waals surface area (Å²) in [6.45, 7) is 4.04. The highest BCUT2D eigenvalue weighted by atomic mass is 32.1. The molecule has 0 unspecified atom stereocenters. The van der Waals surface area contributed by atoms with E-state index in [1.807, 2.05) is 35.0 Å². The second kappa shape index (κ2) is 7.64. The van der Waals surface area contributed by atoms with Crippen molar-refractivity contribution in [3.63, 3.8) is 0 Å². The van der Waals surface area contributed by atoms with Crippen LogP contribution in [0.15, 0.2) is 40.5 Å². The van der Waals surface area contributed by atoms with Gasteiger partial charge in [0.1, 0.15) is 0 Å². The van der Waals surface area contributed by atoms with Gasteiger partial charge in [-0.25, -0.2) is 4.98 Å². The van der Waals surface area contributed by atoms with Crippen LogP contribution in [0.3, 0.4) is 0 Å². The Morgan fingerprint density at radius 3 is 2.94 bits per heavy atom. The normalized spacial score (nSPS) is 23.8. The zero-order valence-electron chi connectivity index (χ0n) is 17.7. The van der Waals surface area contributed by atoms with Crippen molar-refractivity contribution in [2.24, 2.45) is 12.5 Å². The van der Waals surface area contributed by atoms with Crippen LogP contribution in [-0.2, 0) is 18.4 Å². The van der Waals surface area contributed by atoms with Crippen LogP contribution in [0, 0.1) is 12.3 Å². The lowest BCUT2D eigenvalue weighted by Gasteiger charge is -2.42. The van der Waals surface area contributed by atoms with E-state index in [0.717, 1.165) is 29.2 Å². The van der Waals surface area contributed by atoms with Crippen LogP contribution in [0.25, 0.3) is 0 Å². The molecule has 2 amide bonds. The van der Waals surface area contributed by atoms with Crippen LogP contribution < -0.4 is 0 Å². The van der Waals surface area contributed by atoms with Crippen molar-refractivity contribution < 1.29 is 14.0 Å². The maximum Gasteiger partial charge on any atom is 0.289 e. The minimum absolute atomic E-state index is 0.102. The maximum absolute atomic E-state index is 13.9. The monoisotopic (exact) mass is 439 g/mol. The third-order valence-electron chi connectivity index (χ3n) is 6.56. The molecule has 3 aromatic heterocycles. The fourth-order valence-corrected chi connectivity index (χ4v) is 5.73. The zero-order chi connectivity index (χ0) is 21.6. The number of thiazole rings is 1. The number of carbonyl (C=O) groups is 2. The lowest BCUT2D eigenvalue weighted by atomic mass is 9.70. The van der Waals surface area contributed by atoms with Gasteiger partial charge in [0.05, 0.1) is 28.9 Å². The van der Waals surface area contributed by atoms with Gasteiger partial charge in [-0.2, -0.15) is 5.10 Å². The summed E-state index contributed by atoms with van der Waals surface area (Å²) in [7, 11) is 1.89. The van der Waals surface area contributed by atoms with Crippen molar-refractivity contribution in [3.05, 3.63) is 58.2 Å². The van der Waals surface area contributed by atoms with Gasteiger partial charge in [0.2, 0.25) is 5.91 Å². The van der Waals surface area contributed by atoms with Crippen molar-refractivity contribution in [3.8, 4) is 0 Å². The molecule has 0 aromatic carbocycles. The molecule has 162 valence electrons. The van der Waals surface area contributed by atoms with Crippen LogP contribution in [0.4, 0.5) is 0 Å². The summed E-state index contributed by atoms with van der Waals surface area (Å²) in [5, 5.41) is 7.35. The van der Waals surface area contributed by atoms with Gasteiger partial charge < -0.3 is 14.2 Å². The molecule has 3 aromatic rings. The highest BCUT2D eigenvalue weighted by Gasteiger charge is 2.57. The van der Waals surface area contributed by atoms with Gasteiger partial charge >= 0.3 is 0 Å². The van der Waals surface area contributed by atoms with Gasteiger partial charge in [0.15, 0.2) is 5.76 Å². The van der Waals surface area contributed by atoms with Crippen LogP contribution >= 0.6 is 11.3 Å².